The lowest BCUT2D eigenvalue weighted by atomic mass is 10.0. The van der Waals surface area contributed by atoms with Crippen molar-refractivity contribution in [2.75, 3.05) is 6.54 Å². The first-order chi connectivity index (χ1) is 9.38. The van der Waals surface area contributed by atoms with Gasteiger partial charge in [-0.2, -0.15) is 15.4 Å². The van der Waals surface area contributed by atoms with Crippen molar-refractivity contribution in [2.45, 2.75) is 19.4 Å². The Balaban J connectivity index is 1.89. The van der Waals surface area contributed by atoms with Crippen LogP contribution in [0.3, 0.4) is 0 Å². The van der Waals surface area contributed by atoms with E-state index in [2.05, 4.69) is 57.3 Å². The minimum absolute atomic E-state index is 0.210. The molecule has 19 heavy (non-hydrogen) atoms. The number of aromatic nitrogens is 3. The summed E-state index contributed by atoms with van der Waals surface area (Å²) in [6.45, 7) is 3.03. The zero-order valence-electron chi connectivity index (χ0n) is 10.8. The van der Waals surface area contributed by atoms with Crippen LogP contribution >= 0.6 is 11.3 Å². The molecular weight excluding hydrogens is 256 g/mol. The molecule has 2 heterocycles. The molecule has 2 N–H and O–H groups in total. The van der Waals surface area contributed by atoms with Crippen molar-refractivity contribution in [1.82, 2.24) is 20.7 Å². The predicted octanol–water partition coefficient (Wildman–Crippen LogP) is 2.91. The standard InChI is InChI=1S/C14H16N4S/c1-2-15-12(13-8-16-18-17-13)7-10-9-19-14-6-4-3-5-11(10)14/h3-6,8-9,12,15H,2,7H2,1H3,(H,16,17,18). The lowest BCUT2D eigenvalue weighted by Crippen LogP contribution is -2.23. The van der Waals surface area contributed by atoms with Gasteiger partial charge in [0.25, 0.3) is 0 Å². The fourth-order valence-corrected chi connectivity index (χ4v) is 3.29. The third kappa shape index (κ3) is 2.52. The first-order valence-electron chi connectivity index (χ1n) is 6.42. The van der Waals surface area contributed by atoms with Crippen LogP contribution in [0.5, 0.6) is 0 Å². The van der Waals surface area contributed by atoms with Gasteiger partial charge in [0.15, 0.2) is 0 Å². The number of likely N-dealkylation sites (N-methyl/N-ethyl adjacent to an activating group) is 1. The van der Waals surface area contributed by atoms with Crippen LogP contribution in [0.1, 0.15) is 24.2 Å². The van der Waals surface area contributed by atoms with Gasteiger partial charge >= 0.3 is 0 Å². The second-order valence-electron chi connectivity index (χ2n) is 4.47. The summed E-state index contributed by atoms with van der Waals surface area (Å²) in [7, 11) is 0. The molecule has 3 aromatic rings. The number of nitrogens with one attached hydrogen (secondary N) is 2. The summed E-state index contributed by atoms with van der Waals surface area (Å²) in [6.07, 6.45) is 2.73. The van der Waals surface area contributed by atoms with Crippen molar-refractivity contribution in [2.24, 2.45) is 0 Å². The highest BCUT2D eigenvalue weighted by molar-refractivity contribution is 7.17. The molecule has 1 unspecified atom stereocenters. The Morgan fingerprint density at radius 3 is 3.05 bits per heavy atom. The molecule has 0 radical (unpaired) electrons. The number of hydrogen-bond acceptors (Lipinski definition) is 4. The molecule has 0 bridgehead atoms. The number of rotatable bonds is 5. The minimum atomic E-state index is 0.210. The van der Waals surface area contributed by atoms with E-state index in [-0.39, 0.29) is 6.04 Å². The number of nitrogens with zero attached hydrogens (tertiary/aromatic N) is 2. The highest BCUT2D eigenvalue weighted by Crippen LogP contribution is 2.28. The Hall–Kier alpha value is -1.72. The molecule has 3 rings (SSSR count). The Bertz CT molecular complexity index is 644. The van der Waals surface area contributed by atoms with Crippen LogP contribution in [-0.2, 0) is 6.42 Å². The molecule has 0 aliphatic heterocycles. The maximum Gasteiger partial charge on any atom is 0.0997 e. The first-order valence-corrected chi connectivity index (χ1v) is 7.30. The SMILES string of the molecule is CCNC(Cc1csc2ccccc12)c1cn[nH]n1. The summed E-state index contributed by atoms with van der Waals surface area (Å²) in [4.78, 5) is 0. The van der Waals surface area contributed by atoms with Gasteiger partial charge in [-0.3, -0.25) is 0 Å². The molecule has 0 fully saturated rings. The molecule has 5 heteroatoms. The van der Waals surface area contributed by atoms with E-state index in [0.29, 0.717) is 0 Å². The molecule has 4 nitrogen and oxygen atoms in total. The average Bonchev–Trinajstić information content (AvgIpc) is 3.08. The third-order valence-electron chi connectivity index (χ3n) is 3.23. The van der Waals surface area contributed by atoms with Crippen molar-refractivity contribution in [3.63, 3.8) is 0 Å². The molecule has 0 spiro atoms. The fourth-order valence-electron chi connectivity index (χ4n) is 2.32. The van der Waals surface area contributed by atoms with E-state index in [1.807, 2.05) is 0 Å². The van der Waals surface area contributed by atoms with Crippen LogP contribution < -0.4 is 5.32 Å². The molecule has 98 valence electrons. The molecule has 0 aliphatic rings. The minimum Gasteiger partial charge on any atom is -0.309 e. The van der Waals surface area contributed by atoms with Gasteiger partial charge in [0, 0.05) is 4.70 Å². The third-order valence-corrected chi connectivity index (χ3v) is 4.24. The summed E-state index contributed by atoms with van der Waals surface area (Å²) in [5, 5.41) is 17.9. The Morgan fingerprint density at radius 2 is 2.26 bits per heavy atom. The van der Waals surface area contributed by atoms with E-state index in [1.54, 1.807) is 17.5 Å². The van der Waals surface area contributed by atoms with Crippen LogP contribution in [0.15, 0.2) is 35.8 Å². The van der Waals surface area contributed by atoms with Crippen LogP contribution in [0.2, 0.25) is 0 Å². The van der Waals surface area contributed by atoms with E-state index in [4.69, 9.17) is 0 Å². The van der Waals surface area contributed by atoms with Gasteiger partial charge < -0.3 is 5.32 Å². The summed E-state index contributed by atoms with van der Waals surface area (Å²) < 4.78 is 1.34. The Labute approximate surface area is 115 Å². The number of aromatic amines is 1. The Kier molecular flexibility index (Phi) is 3.57. The van der Waals surface area contributed by atoms with E-state index in [9.17, 15) is 0 Å². The molecule has 1 atom stereocenters. The van der Waals surface area contributed by atoms with E-state index >= 15 is 0 Å². The van der Waals surface area contributed by atoms with Crippen LogP contribution in [0.25, 0.3) is 10.1 Å². The number of fused-ring (bicyclic) bond motifs is 1. The predicted molar refractivity (Wildman–Crippen MR) is 78.3 cm³/mol. The number of hydrogen-bond donors (Lipinski definition) is 2. The van der Waals surface area contributed by atoms with Crippen LogP contribution in [0, 0.1) is 0 Å². The van der Waals surface area contributed by atoms with Gasteiger partial charge in [0.2, 0.25) is 0 Å². The zero-order valence-corrected chi connectivity index (χ0v) is 11.6. The Morgan fingerprint density at radius 1 is 1.37 bits per heavy atom. The summed E-state index contributed by atoms with van der Waals surface area (Å²) in [5.41, 5.74) is 2.34. The summed E-state index contributed by atoms with van der Waals surface area (Å²) in [5.74, 6) is 0. The quantitative estimate of drug-likeness (QED) is 0.751. The molecular formula is C14H16N4S. The normalized spacial score (nSPS) is 12.9. The number of thiophene rings is 1. The van der Waals surface area contributed by atoms with Gasteiger partial charge in [-0.25, -0.2) is 0 Å². The maximum absolute atomic E-state index is 4.20. The second kappa shape index (κ2) is 5.50. The monoisotopic (exact) mass is 272 g/mol. The van der Waals surface area contributed by atoms with E-state index in [0.717, 1.165) is 18.7 Å². The van der Waals surface area contributed by atoms with Gasteiger partial charge in [0.05, 0.1) is 17.9 Å². The van der Waals surface area contributed by atoms with Gasteiger partial charge in [-0.05, 0) is 35.4 Å². The lowest BCUT2D eigenvalue weighted by Gasteiger charge is -2.14. The first kappa shape index (κ1) is 12.3. The topological polar surface area (TPSA) is 53.6 Å². The number of benzene rings is 1. The molecule has 0 saturated heterocycles. The maximum atomic E-state index is 4.20. The molecule has 0 aliphatic carbocycles. The summed E-state index contributed by atoms with van der Waals surface area (Å²) in [6, 6.07) is 8.75. The van der Waals surface area contributed by atoms with Gasteiger partial charge in [-0.15, -0.1) is 11.3 Å². The molecule has 1 aromatic carbocycles. The van der Waals surface area contributed by atoms with Crippen LogP contribution in [-0.4, -0.2) is 22.0 Å². The lowest BCUT2D eigenvalue weighted by molar-refractivity contribution is 0.537. The van der Waals surface area contributed by atoms with Crippen LogP contribution in [0.4, 0.5) is 0 Å². The van der Waals surface area contributed by atoms with E-state index < -0.39 is 0 Å². The fraction of sp³-hybridized carbons (Fsp3) is 0.286. The van der Waals surface area contributed by atoms with Gasteiger partial charge in [-0.1, -0.05) is 25.1 Å². The molecule has 0 amide bonds. The van der Waals surface area contributed by atoms with Crippen molar-refractivity contribution in [1.29, 1.82) is 0 Å². The van der Waals surface area contributed by atoms with Crippen molar-refractivity contribution in [3.8, 4) is 0 Å². The second-order valence-corrected chi connectivity index (χ2v) is 5.38. The van der Waals surface area contributed by atoms with Gasteiger partial charge in [0.1, 0.15) is 0 Å². The van der Waals surface area contributed by atoms with Crippen molar-refractivity contribution < 1.29 is 0 Å². The highest BCUT2D eigenvalue weighted by Gasteiger charge is 2.15. The number of H-pyrrole nitrogens is 1. The van der Waals surface area contributed by atoms with Crippen molar-refractivity contribution in [3.05, 3.63) is 47.1 Å². The summed E-state index contributed by atoms with van der Waals surface area (Å²) >= 11 is 1.80. The molecule has 2 aromatic heterocycles. The van der Waals surface area contributed by atoms with Crippen molar-refractivity contribution >= 4 is 21.4 Å². The average molecular weight is 272 g/mol. The van der Waals surface area contributed by atoms with E-state index in [1.165, 1.54) is 15.6 Å². The molecule has 0 saturated carbocycles. The smallest absolute Gasteiger partial charge is 0.0997 e. The zero-order chi connectivity index (χ0) is 13.1. The largest absolute Gasteiger partial charge is 0.309 e. The highest BCUT2D eigenvalue weighted by atomic mass is 32.1.